The summed E-state index contributed by atoms with van der Waals surface area (Å²) in [6, 6.07) is 9.13. The van der Waals surface area contributed by atoms with Crippen molar-refractivity contribution in [2.24, 2.45) is 7.05 Å². The SMILES string of the molecule is Cn1cc(CN2CCN3C(=O)[C@@H]4C[C@@H](O)CN4C(=O)[C@H]3C2)c(-c2ccccc2)n1. The van der Waals surface area contributed by atoms with Gasteiger partial charge >= 0.3 is 0 Å². The van der Waals surface area contributed by atoms with Crippen molar-refractivity contribution >= 4 is 11.8 Å². The highest BCUT2D eigenvalue weighted by molar-refractivity contribution is 5.98. The van der Waals surface area contributed by atoms with Crippen molar-refractivity contribution in [2.45, 2.75) is 31.2 Å². The number of aliphatic hydroxyl groups excluding tert-OH is 1. The standard InChI is InChI=1S/C21H25N5O3/c1-23-10-15(19(22-23)14-5-3-2-4-6-14)11-24-7-8-25-18(13-24)21(29)26-12-16(27)9-17(26)20(25)28/h2-6,10,16-18,27H,7-9,11-13H2,1H3/t16-,17+,18-/m1/s1. The van der Waals surface area contributed by atoms with Gasteiger partial charge in [0.2, 0.25) is 11.8 Å². The number of nitrogens with zero attached hydrogens (tertiary/aromatic N) is 5. The molecule has 0 saturated carbocycles. The predicted molar refractivity (Wildman–Crippen MR) is 106 cm³/mol. The lowest BCUT2D eigenvalue weighted by atomic mass is 10.0. The van der Waals surface area contributed by atoms with Gasteiger partial charge in [-0.3, -0.25) is 19.2 Å². The van der Waals surface area contributed by atoms with Crippen molar-refractivity contribution in [1.29, 1.82) is 0 Å². The monoisotopic (exact) mass is 395 g/mol. The van der Waals surface area contributed by atoms with E-state index in [1.165, 1.54) is 0 Å². The van der Waals surface area contributed by atoms with Crippen LogP contribution in [0, 0.1) is 0 Å². The zero-order chi connectivity index (χ0) is 20.1. The molecular formula is C21H25N5O3. The second-order valence-corrected chi connectivity index (χ2v) is 8.22. The largest absolute Gasteiger partial charge is 0.391 e. The van der Waals surface area contributed by atoms with E-state index in [2.05, 4.69) is 10.00 Å². The maximum absolute atomic E-state index is 13.0. The summed E-state index contributed by atoms with van der Waals surface area (Å²) < 4.78 is 1.82. The van der Waals surface area contributed by atoms with E-state index in [1.54, 1.807) is 9.80 Å². The van der Waals surface area contributed by atoms with Crippen LogP contribution in [-0.4, -0.2) is 85.8 Å². The van der Waals surface area contributed by atoms with Crippen LogP contribution < -0.4 is 0 Å². The van der Waals surface area contributed by atoms with Crippen LogP contribution in [0.1, 0.15) is 12.0 Å². The molecule has 3 fully saturated rings. The number of benzene rings is 1. The van der Waals surface area contributed by atoms with E-state index in [4.69, 9.17) is 0 Å². The molecule has 3 saturated heterocycles. The Hall–Kier alpha value is -2.71. The average Bonchev–Trinajstić information content (AvgIpc) is 3.29. The van der Waals surface area contributed by atoms with Crippen LogP contribution in [0.5, 0.6) is 0 Å². The van der Waals surface area contributed by atoms with Gasteiger partial charge < -0.3 is 14.9 Å². The molecule has 1 aromatic carbocycles. The summed E-state index contributed by atoms with van der Waals surface area (Å²) in [7, 11) is 1.91. The lowest BCUT2D eigenvalue weighted by Gasteiger charge is -2.47. The Morgan fingerprint density at radius 2 is 1.79 bits per heavy atom. The molecule has 4 heterocycles. The third-order valence-electron chi connectivity index (χ3n) is 6.23. The summed E-state index contributed by atoms with van der Waals surface area (Å²) in [6.07, 6.45) is 1.78. The quantitative estimate of drug-likeness (QED) is 0.796. The zero-order valence-corrected chi connectivity index (χ0v) is 16.4. The Kier molecular flexibility index (Phi) is 4.40. The molecule has 1 N–H and O–H groups in total. The normalized spacial score (nSPS) is 27.3. The summed E-state index contributed by atoms with van der Waals surface area (Å²) in [4.78, 5) is 31.4. The number of fused-ring (bicyclic) bond motifs is 2. The molecule has 0 radical (unpaired) electrons. The van der Waals surface area contributed by atoms with Gasteiger partial charge in [-0.15, -0.1) is 0 Å². The van der Waals surface area contributed by atoms with Crippen LogP contribution >= 0.6 is 0 Å². The molecule has 5 rings (SSSR count). The van der Waals surface area contributed by atoms with Crippen LogP contribution in [0.4, 0.5) is 0 Å². The van der Waals surface area contributed by atoms with Crippen molar-refractivity contribution in [2.75, 3.05) is 26.2 Å². The summed E-state index contributed by atoms with van der Waals surface area (Å²) in [5.74, 6) is -0.0533. The first-order valence-corrected chi connectivity index (χ1v) is 10.1. The highest BCUT2D eigenvalue weighted by Gasteiger charge is 2.51. The number of carbonyl (C=O) groups is 2. The van der Waals surface area contributed by atoms with Gasteiger partial charge in [-0.25, -0.2) is 0 Å². The minimum atomic E-state index is -0.603. The maximum Gasteiger partial charge on any atom is 0.247 e. The van der Waals surface area contributed by atoms with Crippen LogP contribution in [0.2, 0.25) is 0 Å². The number of piperazine rings is 2. The van der Waals surface area contributed by atoms with Gasteiger partial charge in [0.15, 0.2) is 0 Å². The summed E-state index contributed by atoms with van der Waals surface area (Å²) in [6.45, 7) is 2.70. The molecule has 2 amide bonds. The third-order valence-corrected chi connectivity index (χ3v) is 6.23. The molecule has 3 aliphatic heterocycles. The van der Waals surface area contributed by atoms with Crippen LogP contribution in [0.25, 0.3) is 11.3 Å². The number of rotatable bonds is 3. The Morgan fingerprint density at radius 1 is 1.03 bits per heavy atom. The first-order chi connectivity index (χ1) is 14.0. The summed E-state index contributed by atoms with van der Waals surface area (Å²) in [5.41, 5.74) is 3.13. The van der Waals surface area contributed by atoms with Gasteiger partial charge in [-0.05, 0) is 0 Å². The fourth-order valence-electron chi connectivity index (χ4n) is 4.87. The first kappa shape index (κ1) is 18.3. The number of hydrogen-bond acceptors (Lipinski definition) is 5. The molecule has 0 spiro atoms. The molecule has 8 nitrogen and oxygen atoms in total. The van der Waals surface area contributed by atoms with Gasteiger partial charge in [0.25, 0.3) is 0 Å². The van der Waals surface area contributed by atoms with Crippen LogP contribution in [0.15, 0.2) is 36.5 Å². The van der Waals surface area contributed by atoms with Crippen molar-refractivity contribution < 1.29 is 14.7 Å². The molecule has 0 aliphatic carbocycles. The highest BCUT2D eigenvalue weighted by atomic mass is 16.3. The Labute approximate surface area is 169 Å². The van der Waals surface area contributed by atoms with Gasteiger partial charge in [0, 0.05) is 63.5 Å². The van der Waals surface area contributed by atoms with E-state index in [9.17, 15) is 14.7 Å². The molecule has 0 unspecified atom stereocenters. The number of aliphatic hydroxyl groups is 1. The zero-order valence-electron chi connectivity index (χ0n) is 16.4. The molecule has 29 heavy (non-hydrogen) atoms. The predicted octanol–water partition coefficient (Wildman–Crippen LogP) is 0.0753. The molecule has 8 heteroatoms. The van der Waals surface area contributed by atoms with E-state index in [1.807, 2.05) is 48.3 Å². The summed E-state index contributed by atoms with van der Waals surface area (Å²) in [5, 5.41) is 14.6. The Bertz CT molecular complexity index is 943. The van der Waals surface area contributed by atoms with E-state index < -0.39 is 18.2 Å². The maximum atomic E-state index is 13.0. The number of aromatic nitrogens is 2. The van der Waals surface area contributed by atoms with Crippen molar-refractivity contribution in [3.8, 4) is 11.3 Å². The van der Waals surface area contributed by atoms with E-state index in [-0.39, 0.29) is 18.4 Å². The molecule has 152 valence electrons. The number of hydrogen-bond donors (Lipinski definition) is 1. The number of amides is 2. The fraction of sp³-hybridized carbons (Fsp3) is 0.476. The lowest BCUT2D eigenvalue weighted by molar-refractivity contribution is -0.163. The number of carbonyl (C=O) groups excluding carboxylic acids is 2. The molecule has 0 bridgehead atoms. The van der Waals surface area contributed by atoms with E-state index >= 15 is 0 Å². The van der Waals surface area contributed by atoms with Gasteiger partial charge in [0.1, 0.15) is 12.1 Å². The molecule has 3 atom stereocenters. The highest BCUT2D eigenvalue weighted by Crippen LogP contribution is 2.30. The number of aryl methyl sites for hydroxylation is 1. The van der Waals surface area contributed by atoms with E-state index in [0.717, 1.165) is 16.8 Å². The fourth-order valence-corrected chi connectivity index (χ4v) is 4.87. The molecule has 2 aromatic rings. The average molecular weight is 395 g/mol. The second-order valence-electron chi connectivity index (χ2n) is 8.22. The molecule has 3 aliphatic rings. The Morgan fingerprint density at radius 3 is 2.59 bits per heavy atom. The van der Waals surface area contributed by atoms with Crippen molar-refractivity contribution in [3.63, 3.8) is 0 Å². The minimum Gasteiger partial charge on any atom is -0.391 e. The van der Waals surface area contributed by atoms with E-state index in [0.29, 0.717) is 32.6 Å². The van der Waals surface area contributed by atoms with Crippen LogP contribution in [-0.2, 0) is 23.2 Å². The topological polar surface area (TPSA) is 81.9 Å². The van der Waals surface area contributed by atoms with Crippen LogP contribution in [0.3, 0.4) is 0 Å². The molecule has 1 aromatic heterocycles. The summed E-state index contributed by atoms with van der Waals surface area (Å²) >= 11 is 0. The van der Waals surface area contributed by atoms with Gasteiger partial charge in [-0.1, -0.05) is 30.3 Å². The molecular weight excluding hydrogens is 370 g/mol. The van der Waals surface area contributed by atoms with Gasteiger partial charge in [-0.2, -0.15) is 5.10 Å². The second kappa shape index (κ2) is 6.96. The Balaban J connectivity index is 1.36. The van der Waals surface area contributed by atoms with Gasteiger partial charge in [0.05, 0.1) is 11.8 Å². The smallest absolute Gasteiger partial charge is 0.247 e. The lowest BCUT2D eigenvalue weighted by Crippen LogP contribution is -2.68. The van der Waals surface area contributed by atoms with Crippen molar-refractivity contribution in [1.82, 2.24) is 24.5 Å². The minimum absolute atomic E-state index is 0.0165. The third kappa shape index (κ3) is 3.12. The van der Waals surface area contributed by atoms with Crippen molar-refractivity contribution in [3.05, 3.63) is 42.1 Å². The first-order valence-electron chi connectivity index (χ1n) is 10.1.